The molecule has 2 aromatic rings. The molecule has 0 bridgehead atoms. The van der Waals surface area contributed by atoms with Gasteiger partial charge in [0.1, 0.15) is 0 Å². The highest BCUT2D eigenvalue weighted by atomic mass is 16.5. The molecule has 21 heavy (non-hydrogen) atoms. The Kier molecular flexibility index (Phi) is 5.28. The lowest BCUT2D eigenvalue weighted by atomic mass is 10.1. The van der Waals surface area contributed by atoms with E-state index in [0.29, 0.717) is 6.61 Å². The van der Waals surface area contributed by atoms with Crippen LogP contribution in [-0.2, 0) is 0 Å². The number of nitrogens with two attached hydrogens (primary N) is 1. The molecule has 4 N–H and O–H groups in total. The Morgan fingerprint density at radius 1 is 1.24 bits per heavy atom. The Morgan fingerprint density at radius 3 is 2.71 bits per heavy atom. The largest absolute Gasteiger partial charge is 0.463 e. The first-order valence-corrected chi connectivity index (χ1v) is 6.80. The second-order valence-corrected chi connectivity index (χ2v) is 4.46. The van der Waals surface area contributed by atoms with Crippen LogP contribution in [0.5, 0.6) is 6.01 Å². The van der Waals surface area contributed by atoms with Crippen LogP contribution >= 0.6 is 0 Å². The minimum Gasteiger partial charge on any atom is -0.463 e. The second kappa shape index (κ2) is 7.39. The first kappa shape index (κ1) is 15.0. The van der Waals surface area contributed by atoms with Crippen molar-refractivity contribution in [3.05, 3.63) is 35.9 Å². The van der Waals surface area contributed by atoms with Crippen LogP contribution in [0.3, 0.4) is 0 Å². The molecule has 7 heteroatoms. The smallest absolute Gasteiger partial charge is 0.323 e. The number of nitrogen functional groups attached to an aromatic ring is 1. The van der Waals surface area contributed by atoms with Gasteiger partial charge in [-0.05, 0) is 12.0 Å². The topological polar surface area (TPSA) is 106 Å². The van der Waals surface area contributed by atoms with Gasteiger partial charge in [0.25, 0.3) is 0 Å². The van der Waals surface area contributed by atoms with Crippen molar-refractivity contribution >= 4 is 11.9 Å². The molecule has 2 rings (SSSR count). The van der Waals surface area contributed by atoms with Gasteiger partial charge in [-0.2, -0.15) is 15.0 Å². The molecular formula is C14H19N5O2. The Balaban J connectivity index is 1.97. The SMILES string of the molecule is CCCOc1nc(N)nc(NCC(O)c2ccccc2)n1. The van der Waals surface area contributed by atoms with Crippen molar-refractivity contribution in [2.24, 2.45) is 0 Å². The van der Waals surface area contributed by atoms with Crippen LogP contribution in [0.25, 0.3) is 0 Å². The van der Waals surface area contributed by atoms with Crippen molar-refractivity contribution in [1.82, 2.24) is 15.0 Å². The van der Waals surface area contributed by atoms with Gasteiger partial charge in [-0.25, -0.2) is 0 Å². The summed E-state index contributed by atoms with van der Waals surface area (Å²) in [4.78, 5) is 11.9. The van der Waals surface area contributed by atoms with Crippen molar-refractivity contribution in [3.63, 3.8) is 0 Å². The molecule has 1 atom stereocenters. The van der Waals surface area contributed by atoms with Gasteiger partial charge in [-0.3, -0.25) is 0 Å². The van der Waals surface area contributed by atoms with Gasteiger partial charge in [-0.15, -0.1) is 0 Å². The molecule has 1 heterocycles. The molecule has 7 nitrogen and oxygen atoms in total. The van der Waals surface area contributed by atoms with E-state index in [0.717, 1.165) is 12.0 Å². The normalized spacial score (nSPS) is 11.9. The van der Waals surface area contributed by atoms with E-state index >= 15 is 0 Å². The minimum absolute atomic E-state index is 0.0767. The molecule has 0 aliphatic carbocycles. The monoisotopic (exact) mass is 289 g/mol. The summed E-state index contributed by atoms with van der Waals surface area (Å²) in [7, 11) is 0. The van der Waals surface area contributed by atoms with Gasteiger partial charge < -0.3 is 20.9 Å². The number of anilines is 2. The number of hydrogen-bond donors (Lipinski definition) is 3. The van der Waals surface area contributed by atoms with Gasteiger partial charge in [-0.1, -0.05) is 37.3 Å². The summed E-state index contributed by atoms with van der Waals surface area (Å²) in [6.07, 6.45) is 0.186. The quantitative estimate of drug-likeness (QED) is 0.707. The van der Waals surface area contributed by atoms with E-state index in [4.69, 9.17) is 10.5 Å². The first-order chi connectivity index (χ1) is 10.2. The minimum atomic E-state index is -0.663. The number of nitrogens with zero attached hydrogens (tertiary/aromatic N) is 3. The number of aliphatic hydroxyl groups excluding tert-OH is 1. The first-order valence-electron chi connectivity index (χ1n) is 6.80. The molecule has 0 spiro atoms. The summed E-state index contributed by atoms with van der Waals surface area (Å²) >= 11 is 0. The molecule has 1 unspecified atom stereocenters. The lowest BCUT2D eigenvalue weighted by Gasteiger charge is -2.12. The number of hydrogen-bond acceptors (Lipinski definition) is 7. The van der Waals surface area contributed by atoms with E-state index in [1.807, 2.05) is 37.3 Å². The molecule has 112 valence electrons. The molecule has 0 saturated heterocycles. The van der Waals surface area contributed by atoms with E-state index < -0.39 is 6.10 Å². The fourth-order valence-corrected chi connectivity index (χ4v) is 1.69. The summed E-state index contributed by atoms with van der Waals surface area (Å²) in [6.45, 7) is 2.76. The van der Waals surface area contributed by atoms with Crippen molar-refractivity contribution in [3.8, 4) is 6.01 Å². The number of benzene rings is 1. The average molecular weight is 289 g/mol. The maximum Gasteiger partial charge on any atom is 0.323 e. The lowest BCUT2D eigenvalue weighted by molar-refractivity contribution is 0.191. The molecular weight excluding hydrogens is 270 g/mol. The number of aromatic nitrogens is 3. The molecule has 0 saturated carbocycles. The van der Waals surface area contributed by atoms with Crippen LogP contribution in [0.4, 0.5) is 11.9 Å². The van der Waals surface area contributed by atoms with E-state index in [-0.39, 0.29) is 24.5 Å². The lowest BCUT2D eigenvalue weighted by Crippen LogP contribution is -2.15. The number of rotatable bonds is 7. The van der Waals surface area contributed by atoms with Crippen molar-refractivity contribution in [2.75, 3.05) is 24.2 Å². The Bertz CT molecular complexity index is 565. The maximum absolute atomic E-state index is 10.1. The predicted molar refractivity (Wildman–Crippen MR) is 79.9 cm³/mol. The summed E-state index contributed by atoms with van der Waals surface area (Å²) < 4.78 is 5.32. The van der Waals surface area contributed by atoms with E-state index in [1.54, 1.807) is 0 Å². The summed E-state index contributed by atoms with van der Waals surface area (Å²) in [5, 5.41) is 13.0. The Morgan fingerprint density at radius 2 is 2.00 bits per heavy atom. The average Bonchev–Trinajstić information content (AvgIpc) is 2.51. The van der Waals surface area contributed by atoms with Gasteiger partial charge in [0.05, 0.1) is 12.7 Å². The zero-order valence-corrected chi connectivity index (χ0v) is 11.9. The van der Waals surface area contributed by atoms with Crippen LogP contribution in [-0.4, -0.2) is 33.2 Å². The number of aliphatic hydroxyl groups is 1. The van der Waals surface area contributed by atoms with Gasteiger partial charge in [0.2, 0.25) is 11.9 Å². The van der Waals surface area contributed by atoms with Crippen LogP contribution in [0.15, 0.2) is 30.3 Å². The van der Waals surface area contributed by atoms with E-state index in [2.05, 4.69) is 20.3 Å². The van der Waals surface area contributed by atoms with E-state index in [1.165, 1.54) is 0 Å². The highest BCUT2D eigenvalue weighted by molar-refractivity contribution is 5.33. The summed E-state index contributed by atoms with van der Waals surface area (Å²) in [5.41, 5.74) is 6.42. The molecule has 0 aliphatic rings. The molecule has 0 fully saturated rings. The van der Waals surface area contributed by atoms with Gasteiger partial charge in [0.15, 0.2) is 0 Å². The Hall–Kier alpha value is -2.41. The molecule has 1 aromatic carbocycles. The van der Waals surface area contributed by atoms with Crippen LogP contribution in [0.2, 0.25) is 0 Å². The third-order valence-corrected chi connectivity index (χ3v) is 2.71. The van der Waals surface area contributed by atoms with E-state index in [9.17, 15) is 5.11 Å². The van der Waals surface area contributed by atoms with Crippen LogP contribution in [0, 0.1) is 0 Å². The molecule has 0 radical (unpaired) electrons. The fraction of sp³-hybridized carbons (Fsp3) is 0.357. The molecule has 0 aliphatic heterocycles. The fourth-order valence-electron chi connectivity index (χ4n) is 1.69. The van der Waals surface area contributed by atoms with Crippen LogP contribution < -0.4 is 15.8 Å². The number of ether oxygens (including phenoxy) is 1. The molecule has 0 amide bonds. The summed E-state index contributed by atoms with van der Waals surface area (Å²) in [5.74, 6) is 0.358. The highest BCUT2D eigenvalue weighted by Gasteiger charge is 2.09. The highest BCUT2D eigenvalue weighted by Crippen LogP contribution is 2.14. The predicted octanol–water partition coefficient (Wildman–Crippen LogP) is 1.39. The van der Waals surface area contributed by atoms with Crippen molar-refractivity contribution < 1.29 is 9.84 Å². The standard InChI is InChI=1S/C14H19N5O2/c1-2-8-21-14-18-12(15)17-13(19-14)16-9-11(20)10-6-4-3-5-7-10/h3-7,11,20H,2,8-9H2,1H3,(H3,15,16,17,18,19). The number of nitrogens with one attached hydrogen (secondary N) is 1. The van der Waals surface area contributed by atoms with Gasteiger partial charge >= 0.3 is 6.01 Å². The molecule has 1 aromatic heterocycles. The zero-order chi connectivity index (χ0) is 15.1. The van der Waals surface area contributed by atoms with Gasteiger partial charge in [0, 0.05) is 6.54 Å². The third kappa shape index (κ3) is 4.57. The third-order valence-electron chi connectivity index (χ3n) is 2.71. The second-order valence-electron chi connectivity index (χ2n) is 4.46. The zero-order valence-electron chi connectivity index (χ0n) is 11.9. The van der Waals surface area contributed by atoms with Crippen molar-refractivity contribution in [2.45, 2.75) is 19.4 Å². The van der Waals surface area contributed by atoms with Crippen LogP contribution in [0.1, 0.15) is 25.0 Å². The maximum atomic E-state index is 10.1. The van der Waals surface area contributed by atoms with Crippen molar-refractivity contribution in [1.29, 1.82) is 0 Å². The summed E-state index contributed by atoms with van der Waals surface area (Å²) in [6, 6.07) is 9.52. The Labute approximate surface area is 123 Å².